The lowest BCUT2D eigenvalue weighted by Gasteiger charge is -1.98. The maximum atomic E-state index is 10.6. The molecule has 1 aromatic rings. The van der Waals surface area contributed by atoms with Gasteiger partial charge >= 0.3 is 0 Å². The quantitative estimate of drug-likeness (QED) is 0.484. The van der Waals surface area contributed by atoms with Crippen LogP contribution in [0.3, 0.4) is 0 Å². The summed E-state index contributed by atoms with van der Waals surface area (Å²) in [6, 6.07) is 5.10. The van der Waals surface area contributed by atoms with Crippen LogP contribution in [0.5, 0.6) is 0 Å². The van der Waals surface area contributed by atoms with Gasteiger partial charge in [0.2, 0.25) is 0 Å². The van der Waals surface area contributed by atoms with Gasteiger partial charge in [0, 0.05) is 11.6 Å². The monoisotopic (exact) mass is 223 g/mol. The Hall–Kier alpha value is -1.29. The van der Waals surface area contributed by atoms with Crippen molar-refractivity contribution >= 4 is 24.4 Å². The van der Waals surface area contributed by atoms with Gasteiger partial charge in [-0.3, -0.25) is 10.1 Å². The van der Waals surface area contributed by atoms with Crippen molar-refractivity contribution in [1.82, 2.24) is 0 Å². The second kappa shape index (κ2) is 5.56. The van der Waals surface area contributed by atoms with E-state index < -0.39 is 0 Å². The average Bonchev–Trinajstić information content (AvgIpc) is 2.17. The van der Waals surface area contributed by atoms with Gasteiger partial charge in [-0.25, -0.2) is 0 Å². The summed E-state index contributed by atoms with van der Waals surface area (Å²) in [5, 5.41) is 10.6. The molecule has 4 heteroatoms. The van der Waals surface area contributed by atoms with Crippen molar-refractivity contribution in [3.63, 3.8) is 0 Å². The number of nitro benzene ring substituents is 1. The number of allylic oxidation sites excluding steroid dienone is 1. The van der Waals surface area contributed by atoms with Crippen LogP contribution in [0, 0.1) is 17.0 Å². The number of aryl methyl sites for hydroxylation is 1. The highest BCUT2D eigenvalue weighted by Crippen LogP contribution is 2.19. The molecule has 0 radical (unpaired) electrons. The lowest BCUT2D eigenvalue weighted by atomic mass is 10.1. The molecule has 1 rings (SSSR count). The van der Waals surface area contributed by atoms with Crippen LogP contribution >= 0.6 is 12.6 Å². The normalized spacial score (nSPS) is 10.8. The Labute approximate surface area is 94.4 Å². The molecule has 0 heterocycles. The Morgan fingerprint density at radius 2 is 2.27 bits per heavy atom. The lowest BCUT2D eigenvalue weighted by molar-refractivity contribution is -0.385. The van der Waals surface area contributed by atoms with Crippen LogP contribution in [0.2, 0.25) is 0 Å². The summed E-state index contributed by atoms with van der Waals surface area (Å²) < 4.78 is 0. The van der Waals surface area contributed by atoms with Gasteiger partial charge in [0.1, 0.15) is 0 Å². The summed E-state index contributed by atoms with van der Waals surface area (Å²) in [6.45, 7) is 1.74. The molecule has 0 N–H and O–H groups in total. The van der Waals surface area contributed by atoms with E-state index in [1.165, 1.54) is 6.07 Å². The number of nitrogens with zero attached hydrogens (tertiary/aromatic N) is 1. The molecule has 0 fully saturated rings. The van der Waals surface area contributed by atoms with Crippen LogP contribution in [0.1, 0.15) is 17.5 Å². The third kappa shape index (κ3) is 3.40. The molecule has 0 amide bonds. The Bertz CT molecular complexity index is 388. The zero-order valence-corrected chi connectivity index (χ0v) is 9.41. The van der Waals surface area contributed by atoms with E-state index in [0.717, 1.165) is 17.7 Å². The molecule has 0 saturated carbocycles. The van der Waals surface area contributed by atoms with Gasteiger partial charge in [-0.15, -0.1) is 0 Å². The molecule has 0 unspecified atom stereocenters. The molecular weight excluding hydrogens is 210 g/mol. The number of benzene rings is 1. The summed E-state index contributed by atoms with van der Waals surface area (Å²) in [7, 11) is 0. The Morgan fingerprint density at radius 1 is 1.53 bits per heavy atom. The van der Waals surface area contributed by atoms with Crippen LogP contribution in [0.25, 0.3) is 6.08 Å². The smallest absolute Gasteiger partial charge is 0.258 e. The Morgan fingerprint density at radius 3 is 2.80 bits per heavy atom. The molecule has 0 aliphatic carbocycles. The summed E-state index contributed by atoms with van der Waals surface area (Å²) in [6.07, 6.45) is 4.86. The standard InChI is InChI=1S/C11H13NO2S/c1-9-8-10(4-2-3-7-15)5-6-11(9)12(13)14/h2,4-6,8,15H,3,7H2,1H3. The van der Waals surface area contributed by atoms with Gasteiger partial charge in [-0.2, -0.15) is 12.6 Å². The molecule has 0 aliphatic heterocycles. The highest BCUT2D eigenvalue weighted by Gasteiger charge is 2.08. The molecule has 0 aromatic heterocycles. The van der Waals surface area contributed by atoms with Crippen LogP contribution in [0.4, 0.5) is 5.69 Å². The zero-order valence-electron chi connectivity index (χ0n) is 8.51. The number of hydrogen-bond donors (Lipinski definition) is 1. The van der Waals surface area contributed by atoms with Crippen molar-refractivity contribution in [3.8, 4) is 0 Å². The molecule has 0 bridgehead atoms. The van der Waals surface area contributed by atoms with Crippen molar-refractivity contribution < 1.29 is 4.92 Å². The molecule has 15 heavy (non-hydrogen) atoms. The largest absolute Gasteiger partial charge is 0.272 e. The summed E-state index contributed by atoms with van der Waals surface area (Å²) in [5.74, 6) is 0.808. The van der Waals surface area contributed by atoms with Crippen molar-refractivity contribution in [2.24, 2.45) is 0 Å². The van der Waals surface area contributed by atoms with Gasteiger partial charge < -0.3 is 0 Å². The van der Waals surface area contributed by atoms with Crippen molar-refractivity contribution in [2.75, 3.05) is 5.75 Å². The van der Waals surface area contributed by atoms with E-state index in [9.17, 15) is 10.1 Å². The highest BCUT2D eigenvalue weighted by molar-refractivity contribution is 7.80. The number of hydrogen-bond acceptors (Lipinski definition) is 3. The minimum Gasteiger partial charge on any atom is -0.258 e. The zero-order chi connectivity index (χ0) is 11.3. The minimum absolute atomic E-state index is 0.168. The fraction of sp³-hybridized carbons (Fsp3) is 0.273. The van der Waals surface area contributed by atoms with Crippen molar-refractivity contribution in [1.29, 1.82) is 0 Å². The minimum atomic E-state index is -0.365. The third-order valence-electron chi connectivity index (χ3n) is 2.02. The number of nitro groups is 1. The Kier molecular flexibility index (Phi) is 4.37. The predicted molar refractivity (Wildman–Crippen MR) is 65.3 cm³/mol. The number of thiol groups is 1. The van der Waals surface area contributed by atoms with E-state index in [1.807, 2.05) is 18.2 Å². The summed E-state index contributed by atoms with van der Waals surface area (Å²) in [4.78, 5) is 10.2. The van der Waals surface area contributed by atoms with Crippen LogP contribution in [-0.2, 0) is 0 Å². The second-order valence-electron chi connectivity index (χ2n) is 3.22. The first-order chi connectivity index (χ1) is 7.15. The SMILES string of the molecule is Cc1cc(C=CCCS)ccc1[N+](=O)[O-]. The molecule has 1 aromatic carbocycles. The maximum Gasteiger partial charge on any atom is 0.272 e. The first kappa shape index (κ1) is 11.8. The van der Waals surface area contributed by atoms with Crippen molar-refractivity contribution in [2.45, 2.75) is 13.3 Å². The lowest BCUT2D eigenvalue weighted by Crippen LogP contribution is -1.91. The second-order valence-corrected chi connectivity index (χ2v) is 3.66. The highest BCUT2D eigenvalue weighted by atomic mass is 32.1. The molecule has 0 atom stereocenters. The predicted octanol–water partition coefficient (Wildman–Crippen LogP) is 3.24. The van der Waals surface area contributed by atoms with E-state index in [0.29, 0.717) is 5.56 Å². The number of rotatable bonds is 4. The van der Waals surface area contributed by atoms with Crippen LogP contribution in [-0.4, -0.2) is 10.7 Å². The van der Waals surface area contributed by atoms with E-state index in [2.05, 4.69) is 12.6 Å². The van der Waals surface area contributed by atoms with E-state index >= 15 is 0 Å². The topological polar surface area (TPSA) is 43.1 Å². The van der Waals surface area contributed by atoms with Crippen LogP contribution < -0.4 is 0 Å². The van der Waals surface area contributed by atoms with E-state index in [-0.39, 0.29) is 10.6 Å². The molecular formula is C11H13NO2S. The third-order valence-corrected chi connectivity index (χ3v) is 2.28. The van der Waals surface area contributed by atoms with Gasteiger partial charge in [0.05, 0.1) is 4.92 Å². The fourth-order valence-corrected chi connectivity index (χ4v) is 1.43. The van der Waals surface area contributed by atoms with Gasteiger partial charge in [-0.1, -0.05) is 12.2 Å². The van der Waals surface area contributed by atoms with Gasteiger partial charge in [-0.05, 0) is 36.8 Å². The van der Waals surface area contributed by atoms with Gasteiger partial charge in [0.25, 0.3) is 5.69 Å². The fourth-order valence-electron chi connectivity index (χ4n) is 1.28. The molecule has 0 spiro atoms. The van der Waals surface area contributed by atoms with E-state index in [1.54, 1.807) is 13.0 Å². The first-order valence-electron chi connectivity index (χ1n) is 4.67. The maximum absolute atomic E-state index is 10.6. The van der Waals surface area contributed by atoms with Crippen LogP contribution in [0.15, 0.2) is 24.3 Å². The molecule has 0 saturated heterocycles. The Balaban J connectivity index is 2.87. The van der Waals surface area contributed by atoms with Gasteiger partial charge in [0.15, 0.2) is 0 Å². The molecule has 3 nitrogen and oxygen atoms in total. The van der Waals surface area contributed by atoms with E-state index in [4.69, 9.17) is 0 Å². The first-order valence-corrected chi connectivity index (χ1v) is 5.31. The molecule has 80 valence electrons. The van der Waals surface area contributed by atoms with Crippen molar-refractivity contribution in [3.05, 3.63) is 45.5 Å². The summed E-state index contributed by atoms with van der Waals surface area (Å²) in [5.41, 5.74) is 1.84. The molecule has 0 aliphatic rings. The average molecular weight is 223 g/mol. The summed E-state index contributed by atoms with van der Waals surface area (Å²) >= 11 is 4.09.